The normalized spacial score (nSPS) is 10.5. The molecule has 1 aromatic carbocycles. The fourth-order valence-electron chi connectivity index (χ4n) is 1.60. The molecule has 0 saturated carbocycles. The molecule has 0 aliphatic carbocycles. The van der Waals surface area contributed by atoms with Crippen LogP contribution < -0.4 is 5.32 Å². The third-order valence-corrected chi connectivity index (χ3v) is 2.33. The van der Waals surface area contributed by atoms with Crippen LogP contribution in [0.15, 0.2) is 30.5 Å². The highest BCUT2D eigenvalue weighted by Crippen LogP contribution is 2.21. The Bertz CT molecular complexity index is 468. The van der Waals surface area contributed by atoms with Crippen molar-refractivity contribution in [3.63, 3.8) is 0 Å². The topological polar surface area (TPSA) is 45.1 Å². The second kappa shape index (κ2) is 4.28. The lowest BCUT2D eigenvalue weighted by Gasteiger charge is -2.08. The van der Waals surface area contributed by atoms with Gasteiger partial charge in [0.15, 0.2) is 0 Å². The summed E-state index contributed by atoms with van der Waals surface area (Å²) in [5, 5.41) is 13.0. The number of hydrogen-bond donors (Lipinski definition) is 2. The van der Waals surface area contributed by atoms with Gasteiger partial charge in [0.2, 0.25) is 0 Å². The van der Waals surface area contributed by atoms with Gasteiger partial charge >= 0.3 is 0 Å². The van der Waals surface area contributed by atoms with Crippen molar-refractivity contribution in [3.8, 4) is 0 Å². The second-order valence-electron chi connectivity index (χ2n) is 3.53. The molecular weight excluding hydrogens is 188 g/mol. The van der Waals surface area contributed by atoms with Crippen molar-refractivity contribution in [2.45, 2.75) is 6.92 Å². The third-order valence-electron chi connectivity index (χ3n) is 2.33. The molecule has 0 fully saturated rings. The summed E-state index contributed by atoms with van der Waals surface area (Å²) in [6.45, 7) is 2.75. The number of nitrogens with one attached hydrogen (secondary N) is 1. The molecule has 0 amide bonds. The molecule has 78 valence electrons. The Kier molecular flexibility index (Phi) is 2.83. The number of fused-ring (bicyclic) bond motifs is 1. The van der Waals surface area contributed by atoms with Crippen LogP contribution in [0.5, 0.6) is 0 Å². The minimum Gasteiger partial charge on any atom is -0.395 e. The zero-order chi connectivity index (χ0) is 10.7. The standard InChI is InChI=1S/C12H14N2O/c1-9-2-3-10-11(14-6-7-15)4-5-13-12(10)8-9/h2-5,8,15H,6-7H2,1H3,(H,13,14). The van der Waals surface area contributed by atoms with E-state index in [0.717, 1.165) is 16.6 Å². The van der Waals surface area contributed by atoms with E-state index in [9.17, 15) is 0 Å². The molecule has 0 radical (unpaired) electrons. The Morgan fingerprint density at radius 2 is 2.20 bits per heavy atom. The summed E-state index contributed by atoms with van der Waals surface area (Å²) in [5.74, 6) is 0. The Morgan fingerprint density at radius 1 is 1.33 bits per heavy atom. The minimum atomic E-state index is 0.135. The molecule has 0 aliphatic heterocycles. The largest absolute Gasteiger partial charge is 0.395 e. The number of benzene rings is 1. The molecule has 0 spiro atoms. The number of aliphatic hydroxyl groups is 1. The minimum absolute atomic E-state index is 0.135. The molecule has 0 atom stereocenters. The van der Waals surface area contributed by atoms with E-state index in [2.05, 4.69) is 35.4 Å². The van der Waals surface area contributed by atoms with Gasteiger partial charge in [-0.1, -0.05) is 12.1 Å². The highest BCUT2D eigenvalue weighted by molar-refractivity contribution is 5.91. The lowest BCUT2D eigenvalue weighted by molar-refractivity contribution is 0.311. The van der Waals surface area contributed by atoms with Crippen molar-refractivity contribution in [2.24, 2.45) is 0 Å². The van der Waals surface area contributed by atoms with E-state index in [1.807, 2.05) is 6.07 Å². The summed E-state index contributed by atoms with van der Waals surface area (Å²) in [4.78, 5) is 4.31. The first-order valence-electron chi connectivity index (χ1n) is 5.01. The SMILES string of the molecule is Cc1ccc2c(NCCO)ccnc2c1. The highest BCUT2D eigenvalue weighted by atomic mass is 16.3. The number of nitrogens with zero attached hydrogens (tertiary/aromatic N) is 1. The molecule has 1 aromatic heterocycles. The molecule has 3 heteroatoms. The van der Waals surface area contributed by atoms with Crippen molar-refractivity contribution in [1.82, 2.24) is 4.98 Å². The van der Waals surface area contributed by atoms with Gasteiger partial charge in [-0.15, -0.1) is 0 Å². The predicted molar refractivity (Wildman–Crippen MR) is 62.1 cm³/mol. The number of aliphatic hydroxyl groups excluding tert-OH is 1. The summed E-state index contributed by atoms with van der Waals surface area (Å²) in [5.41, 5.74) is 3.21. The average Bonchev–Trinajstić information content (AvgIpc) is 2.25. The van der Waals surface area contributed by atoms with Gasteiger partial charge in [-0.05, 0) is 24.6 Å². The zero-order valence-corrected chi connectivity index (χ0v) is 8.70. The predicted octanol–water partition coefficient (Wildman–Crippen LogP) is 1.95. The van der Waals surface area contributed by atoms with E-state index in [-0.39, 0.29) is 6.61 Å². The molecule has 15 heavy (non-hydrogen) atoms. The van der Waals surface area contributed by atoms with Crippen molar-refractivity contribution >= 4 is 16.6 Å². The van der Waals surface area contributed by atoms with Gasteiger partial charge in [0.1, 0.15) is 0 Å². The monoisotopic (exact) mass is 202 g/mol. The van der Waals surface area contributed by atoms with Gasteiger partial charge in [0.25, 0.3) is 0 Å². The molecule has 0 aliphatic rings. The Labute approximate surface area is 88.8 Å². The van der Waals surface area contributed by atoms with Gasteiger partial charge in [-0.25, -0.2) is 0 Å². The van der Waals surface area contributed by atoms with Crippen LogP contribution in [0.2, 0.25) is 0 Å². The van der Waals surface area contributed by atoms with E-state index in [1.54, 1.807) is 6.20 Å². The number of aromatic nitrogens is 1. The van der Waals surface area contributed by atoms with E-state index >= 15 is 0 Å². The molecule has 0 bridgehead atoms. The van der Waals surface area contributed by atoms with Crippen molar-refractivity contribution in [3.05, 3.63) is 36.0 Å². The molecule has 3 nitrogen and oxygen atoms in total. The maximum Gasteiger partial charge on any atom is 0.0725 e. The van der Waals surface area contributed by atoms with Crippen LogP contribution >= 0.6 is 0 Å². The maximum absolute atomic E-state index is 8.77. The van der Waals surface area contributed by atoms with Gasteiger partial charge in [-0.2, -0.15) is 0 Å². The zero-order valence-electron chi connectivity index (χ0n) is 8.70. The average molecular weight is 202 g/mol. The smallest absolute Gasteiger partial charge is 0.0725 e. The van der Waals surface area contributed by atoms with Gasteiger partial charge in [-0.3, -0.25) is 4.98 Å². The second-order valence-corrected chi connectivity index (χ2v) is 3.53. The van der Waals surface area contributed by atoms with Crippen LogP contribution in [-0.2, 0) is 0 Å². The Balaban J connectivity index is 2.46. The molecule has 0 unspecified atom stereocenters. The Hall–Kier alpha value is -1.61. The molecule has 1 heterocycles. The van der Waals surface area contributed by atoms with Gasteiger partial charge < -0.3 is 10.4 Å². The number of hydrogen-bond acceptors (Lipinski definition) is 3. The van der Waals surface area contributed by atoms with Crippen LogP contribution in [0.1, 0.15) is 5.56 Å². The molecule has 0 saturated heterocycles. The lowest BCUT2D eigenvalue weighted by Crippen LogP contribution is -2.05. The Morgan fingerprint density at radius 3 is 3.00 bits per heavy atom. The summed E-state index contributed by atoms with van der Waals surface area (Å²) in [7, 11) is 0. The first-order chi connectivity index (χ1) is 7.31. The lowest BCUT2D eigenvalue weighted by atomic mass is 10.1. The van der Waals surface area contributed by atoms with E-state index in [4.69, 9.17) is 5.11 Å². The molecule has 2 aromatic rings. The van der Waals surface area contributed by atoms with E-state index < -0.39 is 0 Å². The summed E-state index contributed by atoms with van der Waals surface area (Å²) >= 11 is 0. The first-order valence-corrected chi connectivity index (χ1v) is 5.01. The highest BCUT2D eigenvalue weighted by Gasteiger charge is 2.00. The molecule has 2 N–H and O–H groups in total. The number of anilines is 1. The summed E-state index contributed by atoms with van der Waals surface area (Å²) < 4.78 is 0. The van der Waals surface area contributed by atoms with E-state index in [1.165, 1.54) is 5.56 Å². The van der Waals surface area contributed by atoms with Crippen LogP contribution in [0.25, 0.3) is 10.9 Å². The van der Waals surface area contributed by atoms with Crippen molar-refractivity contribution in [2.75, 3.05) is 18.5 Å². The molecule has 2 rings (SSSR count). The van der Waals surface area contributed by atoms with Crippen molar-refractivity contribution < 1.29 is 5.11 Å². The summed E-state index contributed by atoms with van der Waals surface area (Å²) in [6.07, 6.45) is 1.78. The quantitative estimate of drug-likeness (QED) is 0.799. The maximum atomic E-state index is 8.77. The fraction of sp³-hybridized carbons (Fsp3) is 0.250. The summed E-state index contributed by atoms with van der Waals surface area (Å²) in [6, 6.07) is 8.10. The van der Waals surface area contributed by atoms with Crippen LogP contribution in [0.4, 0.5) is 5.69 Å². The number of pyridine rings is 1. The van der Waals surface area contributed by atoms with Gasteiger partial charge in [0.05, 0.1) is 12.1 Å². The third kappa shape index (κ3) is 2.07. The fourth-order valence-corrected chi connectivity index (χ4v) is 1.60. The van der Waals surface area contributed by atoms with Gasteiger partial charge in [0, 0.05) is 23.8 Å². The van der Waals surface area contributed by atoms with Crippen LogP contribution in [0, 0.1) is 6.92 Å². The number of aryl methyl sites for hydroxylation is 1. The molecular formula is C12H14N2O. The van der Waals surface area contributed by atoms with Crippen LogP contribution in [0.3, 0.4) is 0 Å². The van der Waals surface area contributed by atoms with E-state index in [0.29, 0.717) is 6.54 Å². The van der Waals surface area contributed by atoms with Crippen molar-refractivity contribution in [1.29, 1.82) is 0 Å². The van der Waals surface area contributed by atoms with Crippen LogP contribution in [-0.4, -0.2) is 23.2 Å². The number of rotatable bonds is 3. The first kappa shape index (κ1) is 9.93.